The highest BCUT2D eigenvalue weighted by molar-refractivity contribution is 7.89. The summed E-state index contributed by atoms with van der Waals surface area (Å²) in [5.74, 6) is -1.36. The molecular formula is C7H9N3O5S. The van der Waals surface area contributed by atoms with E-state index < -0.39 is 26.6 Å². The Morgan fingerprint density at radius 2 is 2.38 bits per heavy atom. The summed E-state index contributed by atoms with van der Waals surface area (Å²) in [6.07, 6.45) is 1.53. The van der Waals surface area contributed by atoms with Gasteiger partial charge in [-0.25, -0.2) is 13.2 Å². The van der Waals surface area contributed by atoms with E-state index in [-0.39, 0.29) is 6.54 Å². The quantitative estimate of drug-likeness (QED) is 0.739. The second-order valence-electron chi connectivity index (χ2n) is 3.14. The number of aromatic nitrogens is 2. The lowest BCUT2D eigenvalue weighted by atomic mass is 10.4. The van der Waals surface area contributed by atoms with Gasteiger partial charge in [-0.05, 0) is 6.42 Å². The normalized spacial score (nSPS) is 17.8. The lowest BCUT2D eigenvalue weighted by Crippen LogP contribution is -2.28. The van der Waals surface area contributed by atoms with Crippen LogP contribution in [-0.4, -0.2) is 47.3 Å². The van der Waals surface area contributed by atoms with E-state index in [1.807, 2.05) is 0 Å². The molecule has 2 N–H and O–H groups in total. The molecule has 1 aromatic heterocycles. The maximum absolute atomic E-state index is 11.9. The molecule has 0 aromatic carbocycles. The number of hydrogen-bond donors (Lipinski definition) is 2. The predicted octanol–water partition coefficient (Wildman–Crippen LogP) is -0.566. The fraction of sp³-hybridized carbons (Fsp3) is 0.429. The van der Waals surface area contributed by atoms with E-state index in [0.717, 1.165) is 10.7 Å². The van der Waals surface area contributed by atoms with Gasteiger partial charge < -0.3 is 5.11 Å². The highest BCUT2D eigenvalue weighted by Gasteiger charge is 2.33. The Labute approximate surface area is 90.8 Å². The standard InChI is InChI=1S/C7H9N3O5S/c11-7(12)5-4-8-9-6(5)16(13,14)10-2-1-3-15-10/h4H,1-3H2,(H,8,9)(H,11,12). The van der Waals surface area contributed by atoms with Crippen LogP contribution in [0.3, 0.4) is 0 Å². The van der Waals surface area contributed by atoms with Gasteiger partial charge in [0.05, 0.1) is 12.8 Å². The topological polar surface area (TPSA) is 113 Å². The van der Waals surface area contributed by atoms with Crippen molar-refractivity contribution in [2.45, 2.75) is 11.4 Å². The molecule has 8 nitrogen and oxygen atoms in total. The number of H-pyrrole nitrogens is 1. The second kappa shape index (κ2) is 3.85. The minimum atomic E-state index is -3.96. The summed E-state index contributed by atoms with van der Waals surface area (Å²) in [6.45, 7) is 0.510. The molecule has 0 unspecified atom stereocenters. The van der Waals surface area contributed by atoms with Gasteiger partial charge in [-0.1, -0.05) is 4.47 Å². The van der Waals surface area contributed by atoms with Crippen molar-refractivity contribution >= 4 is 16.0 Å². The monoisotopic (exact) mass is 247 g/mol. The van der Waals surface area contributed by atoms with Crippen LogP contribution in [0.15, 0.2) is 11.2 Å². The Hall–Kier alpha value is -1.45. The molecule has 88 valence electrons. The van der Waals surface area contributed by atoms with E-state index in [4.69, 9.17) is 9.94 Å². The summed E-state index contributed by atoms with van der Waals surface area (Å²) < 4.78 is 24.5. The van der Waals surface area contributed by atoms with E-state index in [1.54, 1.807) is 0 Å². The van der Waals surface area contributed by atoms with Crippen molar-refractivity contribution in [2.24, 2.45) is 0 Å². The zero-order chi connectivity index (χ0) is 11.8. The average Bonchev–Trinajstić information content (AvgIpc) is 2.89. The molecule has 1 aliphatic heterocycles. The molecule has 1 aromatic rings. The van der Waals surface area contributed by atoms with Crippen molar-refractivity contribution < 1.29 is 23.2 Å². The van der Waals surface area contributed by atoms with Crippen molar-refractivity contribution in [3.05, 3.63) is 11.8 Å². The SMILES string of the molecule is O=C(O)c1cn[nH]c1S(=O)(=O)N1CCCO1. The fourth-order valence-corrected chi connectivity index (χ4v) is 2.71. The van der Waals surface area contributed by atoms with Crippen molar-refractivity contribution in [2.75, 3.05) is 13.2 Å². The molecule has 0 bridgehead atoms. The van der Waals surface area contributed by atoms with Gasteiger partial charge in [-0.15, -0.1) is 0 Å². The molecular weight excluding hydrogens is 238 g/mol. The van der Waals surface area contributed by atoms with Crippen molar-refractivity contribution in [1.82, 2.24) is 14.7 Å². The Balaban J connectivity index is 2.42. The third-order valence-electron chi connectivity index (χ3n) is 2.08. The first-order chi connectivity index (χ1) is 7.53. The molecule has 16 heavy (non-hydrogen) atoms. The summed E-state index contributed by atoms with van der Waals surface area (Å²) >= 11 is 0. The minimum Gasteiger partial charge on any atom is -0.478 e. The number of rotatable bonds is 3. The molecule has 1 fully saturated rings. The van der Waals surface area contributed by atoms with E-state index in [1.165, 1.54) is 0 Å². The average molecular weight is 247 g/mol. The molecule has 1 saturated heterocycles. The van der Waals surface area contributed by atoms with Crippen molar-refractivity contribution in [1.29, 1.82) is 0 Å². The zero-order valence-electron chi connectivity index (χ0n) is 8.08. The van der Waals surface area contributed by atoms with Crippen LogP contribution in [0.4, 0.5) is 0 Å². The Morgan fingerprint density at radius 1 is 1.62 bits per heavy atom. The van der Waals surface area contributed by atoms with Gasteiger partial charge in [0.25, 0.3) is 10.0 Å². The molecule has 2 heterocycles. The number of carbonyl (C=O) groups is 1. The number of aromatic carboxylic acids is 1. The lowest BCUT2D eigenvalue weighted by Gasteiger charge is -2.12. The first-order valence-corrected chi connectivity index (χ1v) is 5.90. The highest BCUT2D eigenvalue weighted by Crippen LogP contribution is 2.20. The largest absolute Gasteiger partial charge is 0.478 e. The van der Waals surface area contributed by atoms with Gasteiger partial charge in [0.15, 0.2) is 5.03 Å². The number of hydrogen-bond acceptors (Lipinski definition) is 5. The van der Waals surface area contributed by atoms with E-state index >= 15 is 0 Å². The van der Waals surface area contributed by atoms with Crippen LogP contribution in [0.5, 0.6) is 0 Å². The summed E-state index contributed by atoms with van der Waals surface area (Å²) in [5.41, 5.74) is -0.393. The van der Waals surface area contributed by atoms with E-state index in [0.29, 0.717) is 13.0 Å². The predicted molar refractivity (Wildman–Crippen MR) is 50.0 cm³/mol. The molecule has 2 rings (SSSR count). The number of aromatic amines is 1. The summed E-state index contributed by atoms with van der Waals surface area (Å²) in [4.78, 5) is 15.6. The number of nitrogens with zero attached hydrogens (tertiary/aromatic N) is 2. The maximum atomic E-state index is 11.9. The van der Waals surface area contributed by atoms with Crippen LogP contribution in [-0.2, 0) is 14.9 Å². The number of hydroxylamine groups is 1. The Morgan fingerprint density at radius 3 is 2.94 bits per heavy atom. The van der Waals surface area contributed by atoms with Crippen molar-refractivity contribution in [3.63, 3.8) is 0 Å². The van der Waals surface area contributed by atoms with Gasteiger partial charge in [0.2, 0.25) is 0 Å². The molecule has 0 spiro atoms. The Bertz CT molecular complexity index is 502. The van der Waals surface area contributed by atoms with Gasteiger partial charge >= 0.3 is 5.97 Å². The van der Waals surface area contributed by atoms with Crippen LogP contribution in [0, 0.1) is 0 Å². The number of sulfonamides is 1. The van der Waals surface area contributed by atoms with Crippen LogP contribution in [0.2, 0.25) is 0 Å². The number of carboxylic acid groups (broad SMARTS) is 1. The molecule has 0 aliphatic carbocycles. The number of nitrogens with one attached hydrogen (secondary N) is 1. The summed E-state index contributed by atoms with van der Waals surface area (Å²) in [6, 6.07) is 0. The van der Waals surface area contributed by atoms with Crippen LogP contribution in [0.1, 0.15) is 16.8 Å². The molecule has 0 atom stereocenters. The summed E-state index contributed by atoms with van der Waals surface area (Å²) in [5, 5.41) is 13.9. The Kier molecular flexibility index (Phi) is 2.66. The molecule has 0 saturated carbocycles. The fourth-order valence-electron chi connectivity index (χ4n) is 1.34. The van der Waals surface area contributed by atoms with E-state index in [2.05, 4.69) is 10.2 Å². The van der Waals surface area contributed by atoms with Crippen LogP contribution >= 0.6 is 0 Å². The van der Waals surface area contributed by atoms with Crippen molar-refractivity contribution in [3.8, 4) is 0 Å². The number of carboxylic acids is 1. The second-order valence-corrected chi connectivity index (χ2v) is 4.90. The zero-order valence-corrected chi connectivity index (χ0v) is 8.90. The maximum Gasteiger partial charge on any atom is 0.340 e. The van der Waals surface area contributed by atoms with Gasteiger partial charge in [0, 0.05) is 6.54 Å². The third-order valence-corrected chi connectivity index (χ3v) is 3.73. The molecule has 9 heteroatoms. The molecule has 1 aliphatic rings. The van der Waals surface area contributed by atoms with Gasteiger partial charge in [-0.2, -0.15) is 5.10 Å². The van der Waals surface area contributed by atoms with Gasteiger partial charge in [0.1, 0.15) is 5.56 Å². The van der Waals surface area contributed by atoms with Gasteiger partial charge in [-0.3, -0.25) is 9.94 Å². The highest BCUT2D eigenvalue weighted by atomic mass is 32.2. The lowest BCUT2D eigenvalue weighted by molar-refractivity contribution is -0.0287. The molecule has 0 amide bonds. The van der Waals surface area contributed by atoms with Crippen LogP contribution in [0.25, 0.3) is 0 Å². The smallest absolute Gasteiger partial charge is 0.340 e. The van der Waals surface area contributed by atoms with E-state index in [9.17, 15) is 13.2 Å². The third kappa shape index (κ3) is 1.68. The summed E-state index contributed by atoms with van der Waals surface area (Å²) in [7, 11) is -3.96. The first-order valence-electron chi connectivity index (χ1n) is 4.46. The first kappa shape index (κ1) is 11.0. The van der Waals surface area contributed by atoms with Crippen LogP contribution < -0.4 is 0 Å². The molecule has 0 radical (unpaired) electrons. The minimum absolute atomic E-state index is 0.209.